The van der Waals surface area contributed by atoms with Crippen LogP contribution in [0.15, 0.2) is 12.2 Å². The lowest BCUT2D eigenvalue weighted by molar-refractivity contribution is -0.182. The third-order valence-corrected chi connectivity index (χ3v) is 5.28. The highest BCUT2D eigenvalue weighted by atomic mass is 16.6. The van der Waals surface area contributed by atoms with Crippen LogP contribution in [-0.4, -0.2) is 35.9 Å². The molecule has 0 heterocycles. The second-order valence-corrected chi connectivity index (χ2v) is 8.01. The van der Waals surface area contributed by atoms with Crippen LogP contribution in [0.5, 0.6) is 0 Å². The molecular formula is C26H50O5. The van der Waals surface area contributed by atoms with Crippen LogP contribution in [0.4, 0.5) is 0 Å². The first kappa shape index (κ1) is 31.8. The summed E-state index contributed by atoms with van der Waals surface area (Å²) in [5.41, 5.74) is -2.25. The second-order valence-electron chi connectivity index (χ2n) is 8.01. The fourth-order valence-electron chi connectivity index (χ4n) is 3.40. The molecule has 0 amide bonds. The molecule has 31 heavy (non-hydrogen) atoms. The predicted octanol–water partition coefficient (Wildman–Crippen LogP) is 6.91. The number of esters is 2. The van der Waals surface area contributed by atoms with Crippen molar-refractivity contribution in [3.63, 3.8) is 0 Å². The lowest BCUT2D eigenvalue weighted by Crippen LogP contribution is -2.48. The monoisotopic (exact) mass is 442 g/mol. The molecule has 0 aromatic carbocycles. The molecule has 1 N–H and O–H groups in total. The molecular weight excluding hydrogens is 392 g/mol. The summed E-state index contributed by atoms with van der Waals surface area (Å²) in [6, 6.07) is 0. The summed E-state index contributed by atoms with van der Waals surface area (Å²) in [7, 11) is 0. The maximum atomic E-state index is 12.0. The molecule has 0 spiro atoms. The van der Waals surface area contributed by atoms with Gasteiger partial charge in [0.2, 0.25) is 0 Å². The third kappa shape index (κ3) is 16.0. The maximum Gasteiger partial charge on any atom is 0.350 e. The number of hydrogen-bond donors (Lipinski definition) is 1. The average molecular weight is 443 g/mol. The molecule has 0 atom stereocenters. The lowest BCUT2D eigenvalue weighted by atomic mass is 9.99. The Kier molecular flexibility index (Phi) is 22.4. The summed E-state index contributed by atoms with van der Waals surface area (Å²) in [6.45, 7) is 5.72. The van der Waals surface area contributed by atoms with Gasteiger partial charge in [-0.1, -0.05) is 104 Å². The van der Waals surface area contributed by atoms with Crippen LogP contribution in [-0.2, 0) is 19.1 Å². The van der Waals surface area contributed by atoms with Gasteiger partial charge < -0.3 is 14.6 Å². The summed E-state index contributed by atoms with van der Waals surface area (Å²) >= 11 is 0. The number of allylic oxidation sites excluding steroid dienone is 1. The van der Waals surface area contributed by atoms with E-state index in [1.54, 1.807) is 19.9 Å². The quantitative estimate of drug-likeness (QED) is 0.0960. The molecule has 0 aromatic rings. The van der Waals surface area contributed by atoms with E-state index in [1.165, 1.54) is 77.0 Å². The Morgan fingerprint density at radius 1 is 0.677 bits per heavy atom. The molecule has 0 saturated heterocycles. The Hall–Kier alpha value is -1.36. The molecule has 0 aliphatic carbocycles. The average Bonchev–Trinajstić information content (AvgIpc) is 2.73. The first-order chi connectivity index (χ1) is 14.5. The Bertz CT molecular complexity index is 441. The Morgan fingerprint density at radius 2 is 1.06 bits per heavy atom. The summed E-state index contributed by atoms with van der Waals surface area (Å²) in [5.74, 6) is -1.90. The molecule has 5 heteroatoms. The van der Waals surface area contributed by atoms with E-state index in [0.717, 1.165) is 12.8 Å². The molecule has 0 aliphatic rings. The molecule has 5 nitrogen and oxygen atoms in total. The first-order valence-electron chi connectivity index (χ1n) is 12.2. The number of unbranched alkanes of at least 4 members (excludes halogenated alkanes) is 13. The first-order valence-corrected chi connectivity index (χ1v) is 12.2. The van der Waals surface area contributed by atoms with Gasteiger partial charge >= 0.3 is 11.9 Å². The highest BCUT2D eigenvalue weighted by Gasteiger charge is 2.46. The van der Waals surface area contributed by atoms with Gasteiger partial charge in [-0.2, -0.15) is 0 Å². The van der Waals surface area contributed by atoms with Crippen LogP contribution in [0.2, 0.25) is 0 Å². The van der Waals surface area contributed by atoms with Crippen molar-refractivity contribution in [2.45, 2.75) is 130 Å². The van der Waals surface area contributed by atoms with Crippen molar-refractivity contribution in [2.75, 3.05) is 13.2 Å². The molecule has 0 unspecified atom stereocenters. The SMILES string of the molecule is C.CCCCCCCCCCCCCCC/C=C/CC(O)(C(=O)OCC)C(=O)OCC. The zero-order chi connectivity index (χ0) is 22.5. The Labute approximate surface area is 192 Å². The van der Waals surface area contributed by atoms with Gasteiger partial charge in [0, 0.05) is 6.42 Å². The number of rotatable bonds is 20. The van der Waals surface area contributed by atoms with E-state index in [2.05, 4.69) is 6.92 Å². The Morgan fingerprint density at radius 3 is 1.45 bits per heavy atom. The van der Waals surface area contributed by atoms with Gasteiger partial charge in [0.15, 0.2) is 0 Å². The summed E-state index contributed by atoms with van der Waals surface area (Å²) in [5, 5.41) is 10.4. The van der Waals surface area contributed by atoms with Gasteiger partial charge in [-0.3, -0.25) is 0 Å². The van der Waals surface area contributed by atoms with Crippen LogP contribution < -0.4 is 0 Å². The van der Waals surface area contributed by atoms with Crippen LogP contribution in [0.1, 0.15) is 125 Å². The molecule has 184 valence electrons. The lowest BCUT2D eigenvalue weighted by Gasteiger charge is -2.22. The number of carbonyl (C=O) groups is 2. The van der Waals surface area contributed by atoms with Gasteiger partial charge in [0.05, 0.1) is 13.2 Å². The standard InChI is InChI=1S/C25H46O5.CH4/c1-4-7-8-9-10-11-12-13-14-15-16-17-18-19-20-21-22-25(28,23(26)29-5-2)24(27)30-6-3;/h20-21,28H,4-19,22H2,1-3H3;1H4/b21-20+;. The largest absolute Gasteiger partial charge is 0.463 e. The zero-order valence-electron chi connectivity index (χ0n) is 19.8. The molecule has 0 aromatic heterocycles. The van der Waals surface area contributed by atoms with Gasteiger partial charge in [-0.25, -0.2) is 9.59 Å². The minimum atomic E-state index is -2.25. The van der Waals surface area contributed by atoms with Gasteiger partial charge in [0.25, 0.3) is 5.60 Å². The predicted molar refractivity (Wildman–Crippen MR) is 129 cm³/mol. The van der Waals surface area contributed by atoms with Crippen molar-refractivity contribution >= 4 is 11.9 Å². The summed E-state index contributed by atoms with van der Waals surface area (Å²) < 4.78 is 9.66. The van der Waals surface area contributed by atoms with E-state index in [1.807, 2.05) is 6.08 Å². The summed E-state index contributed by atoms with van der Waals surface area (Å²) in [6.07, 6.45) is 21.5. The van der Waals surface area contributed by atoms with E-state index in [0.29, 0.717) is 0 Å². The number of hydrogen-bond acceptors (Lipinski definition) is 5. The normalized spacial score (nSPS) is 11.4. The van der Waals surface area contributed by atoms with Gasteiger partial charge in [-0.15, -0.1) is 0 Å². The topological polar surface area (TPSA) is 72.8 Å². The van der Waals surface area contributed by atoms with E-state index >= 15 is 0 Å². The fourth-order valence-corrected chi connectivity index (χ4v) is 3.40. The van der Waals surface area contributed by atoms with Gasteiger partial charge in [-0.05, 0) is 26.7 Å². The highest BCUT2D eigenvalue weighted by Crippen LogP contribution is 2.17. The summed E-state index contributed by atoms with van der Waals surface area (Å²) in [4.78, 5) is 23.9. The third-order valence-electron chi connectivity index (χ3n) is 5.28. The van der Waals surface area contributed by atoms with Crippen molar-refractivity contribution < 1.29 is 24.2 Å². The van der Waals surface area contributed by atoms with Crippen molar-refractivity contribution in [2.24, 2.45) is 0 Å². The number of carbonyl (C=O) groups excluding carboxylic acids is 2. The van der Waals surface area contributed by atoms with Crippen molar-refractivity contribution in [3.8, 4) is 0 Å². The minimum absolute atomic E-state index is 0. The van der Waals surface area contributed by atoms with Crippen LogP contribution in [0.3, 0.4) is 0 Å². The van der Waals surface area contributed by atoms with E-state index < -0.39 is 17.5 Å². The molecule has 0 bridgehead atoms. The fraction of sp³-hybridized carbons (Fsp3) is 0.846. The number of ether oxygens (including phenoxy) is 2. The van der Waals surface area contributed by atoms with Crippen molar-refractivity contribution in [1.82, 2.24) is 0 Å². The number of aliphatic hydroxyl groups is 1. The minimum Gasteiger partial charge on any atom is -0.463 e. The van der Waals surface area contributed by atoms with E-state index in [4.69, 9.17) is 9.47 Å². The van der Waals surface area contributed by atoms with Crippen molar-refractivity contribution in [3.05, 3.63) is 12.2 Å². The molecule has 0 fully saturated rings. The van der Waals surface area contributed by atoms with E-state index in [-0.39, 0.29) is 27.1 Å². The van der Waals surface area contributed by atoms with Crippen LogP contribution in [0.25, 0.3) is 0 Å². The second kappa shape index (κ2) is 21.9. The highest BCUT2D eigenvalue weighted by molar-refractivity contribution is 6.03. The zero-order valence-corrected chi connectivity index (χ0v) is 19.8. The Balaban J connectivity index is 0. The van der Waals surface area contributed by atoms with Crippen LogP contribution >= 0.6 is 0 Å². The molecule has 0 saturated carbocycles. The maximum absolute atomic E-state index is 12.0. The molecule has 0 radical (unpaired) electrons. The molecule has 0 rings (SSSR count). The van der Waals surface area contributed by atoms with Crippen LogP contribution in [0, 0.1) is 0 Å². The van der Waals surface area contributed by atoms with Crippen molar-refractivity contribution in [1.29, 1.82) is 0 Å². The molecule has 0 aliphatic heterocycles. The van der Waals surface area contributed by atoms with Gasteiger partial charge in [0.1, 0.15) is 0 Å². The van der Waals surface area contributed by atoms with E-state index in [9.17, 15) is 14.7 Å². The smallest absolute Gasteiger partial charge is 0.350 e.